The van der Waals surface area contributed by atoms with Gasteiger partial charge in [0.05, 0.1) is 6.04 Å². The van der Waals surface area contributed by atoms with Gasteiger partial charge in [-0.3, -0.25) is 4.79 Å². The van der Waals surface area contributed by atoms with Gasteiger partial charge in [-0.1, -0.05) is 30.3 Å². The first-order chi connectivity index (χ1) is 10.9. The van der Waals surface area contributed by atoms with Crippen LogP contribution in [0.4, 0.5) is 31.1 Å². The number of hydrogen-bond acceptors (Lipinski definition) is 3. The topological polar surface area (TPSA) is 78.4 Å². The van der Waals surface area contributed by atoms with E-state index < -0.39 is 41.9 Å². The van der Waals surface area contributed by atoms with Crippen LogP contribution in [0.5, 0.6) is 0 Å². The molecule has 0 saturated carbocycles. The van der Waals surface area contributed by atoms with Crippen LogP contribution in [0.25, 0.3) is 0 Å². The van der Waals surface area contributed by atoms with Crippen molar-refractivity contribution in [2.45, 2.75) is 24.1 Å². The van der Waals surface area contributed by atoms with Gasteiger partial charge in [0, 0.05) is 0 Å². The number of urea groups is 1. The molecule has 24 heavy (non-hydrogen) atoms. The third-order valence-electron chi connectivity index (χ3n) is 3.53. The normalized spacial score (nSPS) is 28.0. The Morgan fingerprint density at radius 2 is 1.62 bits per heavy atom. The predicted octanol–water partition coefficient (Wildman–Crippen LogP) is 2.04. The zero-order valence-corrected chi connectivity index (χ0v) is 11.6. The average Bonchev–Trinajstić information content (AvgIpc) is 2.44. The smallest absolute Gasteiger partial charge is 0.363 e. The lowest BCUT2D eigenvalue weighted by Crippen LogP contribution is -2.73. The molecule has 1 aromatic rings. The third kappa shape index (κ3) is 3.03. The fourth-order valence-electron chi connectivity index (χ4n) is 2.45. The first-order valence-corrected chi connectivity index (χ1v) is 6.41. The van der Waals surface area contributed by atoms with E-state index in [4.69, 9.17) is 0 Å². The van der Waals surface area contributed by atoms with Gasteiger partial charge in [0.1, 0.15) is 5.92 Å². The number of carbonyl (C=O) groups excluding carboxylic acids is 2. The molecule has 0 radical (unpaired) electrons. The van der Waals surface area contributed by atoms with Gasteiger partial charge in [-0.15, -0.1) is 0 Å². The van der Waals surface area contributed by atoms with Gasteiger partial charge in [0.25, 0.3) is 0 Å². The Bertz CT molecular complexity index is 645. The van der Waals surface area contributed by atoms with Crippen LogP contribution in [-0.2, 0) is 4.79 Å². The lowest BCUT2D eigenvalue weighted by atomic mass is 9.79. The first-order valence-electron chi connectivity index (χ1n) is 6.41. The molecular formula is C13H10F6N2O3. The summed E-state index contributed by atoms with van der Waals surface area (Å²) in [4.78, 5) is 23.0. The van der Waals surface area contributed by atoms with Crippen LogP contribution in [0.3, 0.4) is 0 Å². The van der Waals surface area contributed by atoms with Gasteiger partial charge in [0.2, 0.25) is 11.5 Å². The molecule has 0 aromatic heterocycles. The van der Waals surface area contributed by atoms with E-state index in [0.29, 0.717) is 0 Å². The second kappa shape index (κ2) is 5.65. The summed E-state index contributed by atoms with van der Waals surface area (Å²) in [5.74, 6) is -5.87. The van der Waals surface area contributed by atoms with Crippen molar-refractivity contribution >= 4 is 11.8 Å². The lowest BCUT2D eigenvalue weighted by Gasteiger charge is -2.45. The summed E-state index contributed by atoms with van der Waals surface area (Å²) in [6.45, 7) is 0. The highest BCUT2D eigenvalue weighted by Gasteiger charge is 2.69. The summed E-state index contributed by atoms with van der Waals surface area (Å²) in [7, 11) is 0. The van der Waals surface area contributed by atoms with Crippen LogP contribution >= 0.6 is 0 Å². The van der Waals surface area contributed by atoms with Crippen molar-refractivity contribution in [3.63, 3.8) is 0 Å². The van der Waals surface area contributed by atoms with E-state index in [9.17, 15) is 41.0 Å². The van der Waals surface area contributed by atoms with Crippen molar-refractivity contribution < 1.29 is 41.0 Å². The zero-order valence-electron chi connectivity index (χ0n) is 11.6. The molecule has 1 fully saturated rings. The van der Waals surface area contributed by atoms with Gasteiger partial charge < -0.3 is 15.7 Å². The van der Waals surface area contributed by atoms with Gasteiger partial charge in [-0.05, 0) is 5.56 Å². The molecule has 0 spiro atoms. The Morgan fingerprint density at radius 1 is 1.08 bits per heavy atom. The summed E-state index contributed by atoms with van der Waals surface area (Å²) in [6, 6.07) is 2.70. The number of alkyl halides is 6. The largest absolute Gasteiger partial charge is 0.450 e. The van der Waals surface area contributed by atoms with Crippen LogP contribution in [0.15, 0.2) is 30.3 Å². The molecule has 1 heterocycles. The number of amides is 2. The number of hydrogen-bond donors (Lipinski definition) is 3. The van der Waals surface area contributed by atoms with Gasteiger partial charge in [-0.2, -0.15) is 26.3 Å². The molecular weight excluding hydrogens is 346 g/mol. The maximum Gasteiger partial charge on any atom is 0.450 e. The van der Waals surface area contributed by atoms with E-state index in [1.165, 1.54) is 18.2 Å². The van der Waals surface area contributed by atoms with Gasteiger partial charge in [-0.25, -0.2) is 4.79 Å². The Labute approximate surface area is 130 Å². The molecule has 5 nitrogen and oxygen atoms in total. The second-order valence-corrected chi connectivity index (χ2v) is 5.09. The van der Waals surface area contributed by atoms with Crippen LogP contribution < -0.4 is 10.6 Å². The Kier molecular flexibility index (Phi) is 4.25. The highest BCUT2D eigenvalue weighted by Crippen LogP contribution is 2.45. The minimum atomic E-state index is -5.72. The van der Waals surface area contributed by atoms with Crippen LogP contribution in [0.1, 0.15) is 11.6 Å². The quantitative estimate of drug-likeness (QED) is 0.710. The van der Waals surface area contributed by atoms with E-state index in [2.05, 4.69) is 0 Å². The number of halogens is 6. The number of nitrogens with one attached hydrogen (secondary N) is 2. The SMILES string of the molecule is O=C1N[C@H](c2ccccc2)[C@H](C(=O)C(F)(F)F)[C@@](O)(C(F)(F)F)N1. The Hall–Kier alpha value is -2.30. The monoisotopic (exact) mass is 356 g/mol. The molecule has 2 rings (SSSR count). The summed E-state index contributed by atoms with van der Waals surface area (Å²) < 4.78 is 77.9. The van der Waals surface area contributed by atoms with Crippen LogP contribution in [0, 0.1) is 5.92 Å². The van der Waals surface area contributed by atoms with Crippen molar-refractivity contribution in [3.8, 4) is 0 Å². The highest BCUT2D eigenvalue weighted by molar-refractivity contribution is 5.91. The van der Waals surface area contributed by atoms with Crippen molar-refractivity contribution in [3.05, 3.63) is 35.9 Å². The zero-order chi connectivity index (χ0) is 18.3. The van der Waals surface area contributed by atoms with Crippen molar-refractivity contribution in [2.24, 2.45) is 5.92 Å². The molecule has 1 aliphatic heterocycles. The number of ketones is 1. The molecule has 132 valence electrons. The molecule has 1 aromatic carbocycles. The molecule has 0 unspecified atom stereocenters. The van der Waals surface area contributed by atoms with Crippen LogP contribution in [0.2, 0.25) is 0 Å². The standard InChI is InChI=1S/C13H10F6N2O3/c14-12(15,16)9(22)7-8(6-4-2-1-3-5-6)20-10(23)21-11(7,24)13(17,18)19/h1-5,7-8,24H,(H2,20,21,23)/t7-,8-,11-/m1/s1. The van der Waals surface area contributed by atoms with Crippen molar-refractivity contribution in [2.75, 3.05) is 0 Å². The molecule has 2 amide bonds. The van der Waals surface area contributed by atoms with Crippen molar-refractivity contribution in [1.29, 1.82) is 0 Å². The van der Waals surface area contributed by atoms with E-state index >= 15 is 0 Å². The number of rotatable bonds is 2. The summed E-state index contributed by atoms with van der Waals surface area (Å²) >= 11 is 0. The Morgan fingerprint density at radius 3 is 2.08 bits per heavy atom. The summed E-state index contributed by atoms with van der Waals surface area (Å²) in [6.07, 6.45) is -11.4. The van der Waals surface area contributed by atoms with E-state index in [1.807, 2.05) is 5.32 Å². The lowest BCUT2D eigenvalue weighted by molar-refractivity contribution is -0.295. The van der Waals surface area contributed by atoms with Crippen LogP contribution in [-0.4, -0.2) is 35.0 Å². The predicted molar refractivity (Wildman–Crippen MR) is 66.4 cm³/mol. The average molecular weight is 356 g/mol. The molecule has 0 aliphatic carbocycles. The molecule has 0 bridgehead atoms. The second-order valence-electron chi connectivity index (χ2n) is 5.09. The molecule has 3 N–H and O–H groups in total. The number of benzene rings is 1. The number of aliphatic hydroxyl groups is 1. The van der Waals surface area contributed by atoms with Crippen molar-refractivity contribution in [1.82, 2.24) is 10.6 Å². The minimum absolute atomic E-state index is 0.197. The minimum Gasteiger partial charge on any atom is -0.363 e. The molecule has 3 atom stereocenters. The molecule has 1 saturated heterocycles. The van der Waals surface area contributed by atoms with E-state index in [0.717, 1.165) is 17.4 Å². The van der Waals surface area contributed by atoms with Gasteiger partial charge >= 0.3 is 18.4 Å². The maximum atomic E-state index is 13.2. The van der Waals surface area contributed by atoms with E-state index in [-0.39, 0.29) is 5.56 Å². The third-order valence-corrected chi connectivity index (χ3v) is 3.53. The summed E-state index contributed by atoms with van der Waals surface area (Å²) in [5.41, 5.74) is -4.57. The van der Waals surface area contributed by atoms with E-state index in [1.54, 1.807) is 0 Å². The maximum absolute atomic E-state index is 13.2. The van der Waals surface area contributed by atoms with Gasteiger partial charge in [0.15, 0.2) is 0 Å². The highest BCUT2D eigenvalue weighted by atomic mass is 19.4. The fraction of sp³-hybridized carbons (Fsp3) is 0.385. The first kappa shape index (κ1) is 18.0. The number of carbonyl (C=O) groups is 2. The fourth-order valence-corrected chi connectivity index (χ4v) is 2.45. The molecule has 1 aliphatic rings. The number of Topliss-reactive ketones (excluding diaryl/α,β-unsaturated/α-hetero) is 1. The summed E-state index contributed by atoms with van der Waals surface area (Å²) in [5, 5.41) is 12.6. The molecule has 11 heteroatoms. The Balaban J connectivity index is 2.63.